The van der Waals surface area contributed by atoms with Crippen LogP contribution in [0.5, 0.6) is 5.75 Å². The summed E-state index contributed by atoms with van der Waals surface area (Å²) in [5.74, 6) is -1.66. The molecular formula is C11H10F6N2O2. The van der Waals surface area contributed by atoms with Gasteiger partial charge in [0.1, 0.15) is 11.8 Å². The summed E-state index contributed by atoms with van der Waals surface area (Å²) in [6.07, 6.45) is -9.45. The largest absolute Gasteiger partial charge is 0.573 e. The smallest absolute Gasteiger partial charge is 0.406 e. The first kappa shape index (κ1) is 17.1. The number of halogens is 6. The van der Waals surface area contributed by atoms with Crippen molar-refractivity contribution in [2.75, 3.05) is 6.54 Å². The number of nitrogens with one attached hydrogen (secondary N) is 1. The molecule has 118 valence electrons. The molecule has 21 heavy (non-hydrogen) atoms. The Morgan fingerprint density at radius 3 is 2.05 bits per heavy atom. The molecule has 0 aliphatic carbocycles. The van der Waals surface area contributed by atoms with E-state index in [1.807, 2.05) is 5.32 Å². The number of ether oxygens (including phenoxy) is 1. The topological polar surface area (TPSA) is 64.4 Å². The summed E-state index contributed by atoms with van der Waals surface area (Å²) in [4.78, 5) is 11.1. The number of primary amides is 1. The highest BCUT2D eigenvalue weighted by atomic mass is 19.4. The lowest BCUT2D eigenvalue weighted by atomic mass is 10.1. The van der Waals surface area contributed by atoms with Crippen LogP contribution in [0.25, 0.3) is 0 Å². The zero-order valence-electron chi connectivity index (χ0n) is 10.3. The molecule has 0 saturated carbocycles. The van der Waals surface area contributed by atoms with Gasteiger partial charge in [-0.15, -0.1) is 13.2 Å². The molecule has 0 heterocycles. The number of carbonyl (C=O) groups excluding carboxylic acids is 1. The van der Waals surface area contributed by atoms with Crippen LogP contribution in [0.1, 0.15) is 11.6 Å². The number of carbonyl (C=O) groups is 1. The lowest BCUT2D eigenvalue weighted by Crippen LogP contribution is -2.38. The summed E-state index contributed by atoms with van der Waals surface area (Å²) in [6.45, 7) is -1.47. The Morgan fingerprint density at radius 2 is 1.67 bits per heavy atom. The van der Waals surface area contributed by atoms with Gasteiger partial charge in [0.25, 0.3) is 0 Å². The molecule has 0 fully saturated rings. The molecule has 0 radical (unpaired) electrons. The summed E-state index contributed by atoms with van der Waals surface area (Å²) >= 11 is 0. The van der Waals surface area contributed by atoms with Gasteiger partial charge in [-0.3, -0.25) is 10.1 Å². The van der Waals surface area contributed by atoms with Crippen LogP contribution in [0.2, 0.25) is 0 Å². The van der Waals surface area contributed by atoms with Crippen molar-refractivity contribution in [1.82, 2.24) is 5.32 Å². The first-order valence-corrected chi connectivity index (χ1v) is 5.43. The SMILES string of the molecule is NC(=O)C(NCC(F)(F)F)c1ccc(OC(F)(F)F)cc1. The van der Waals surface area contributed by atoms with Gasteiger partial charge in [-0.05, 0) is 17.7 Å². The summed E-state index contributed by atoms with van der Waals surface area (Å²) in [5, 5.41) is 1.88. The monoisotopic (exact) mass is 316 g/mol. The van der Waals surface area contributed by atoms with E-state index in [4.69, 9.17) is 5.73 Å². The van der Waals surface area contributed by atoms with E-state index in [1.54, 1.807) is 0 Å². The average Bonchev–Trinajstić information content (AvgIpc) is 2.27. The zero-order chi connectivity index (χ0) is 16.3. The molecule has 0 aliphatic rings. The standard InChI is InChI=1S/C11H10F6N2O2/c12-10(13,14)5-19-8(9(18)20)6-1-3-7(4-2-6)21-11(15,16)17/h1-4,8,19H,5H2,(H2,18,20). The van der Waals surface area contributed by atoms with Crippen LogP contribution in [0.3, 0.4) is 0 Å². The molecule has 0 saturated heterocycles. The van der Waals surface area contributed by atoms with Crippen LogP contribution in [0.15, 0.2) is 24.3 Å². The average molecular weight is 316 g/mol. The van der Waals surface area contributed by atoms with Crippen molar-refractivity contribution in [1.29, 1.82) is 0 Å². The fraction of sp³-hybridized carbons (Fsp3) is 0.364. The maximum absolute atomic E-state index is 12.1. The van der Waals surface area contributed by atoms with Crippen molar-refractivity contribution in [3.63, 3.8) is 0 Å². The molecule has 1 unspecified atom stereocenters. The molecule has 1 amide bonds. The van der Waals surface area contributed by atoms with Gasteiger partial charge in [-0.25, -0.2) is 0 Å². The molecule has 0 aromatic heterocycles. The number of alkyl halides is 6. The molecule has 1 atom stereocenters. The zero-order valence-corrected chi connectivity index (χ0v) is 10.3. The number of amides is 1. The second-order valence-corrected chi connectivity index (χ2v) is 3.95. The van der Waals surface area contributed by atoms with Crippen LogP contribution >= 0.6 is 0 Å². The Hall–Kier alpha value is -1.97. The van der Waals surface area contributed by atoms with E-state index < -0.39 is 36.8 Å². The molecule has 0 spiro atoms. The minimum Gasteiger partial charge on any atom is -0.406 e. The summed E-state index contributed by atoms with van der Waals surface area (Å²) in [6, 6.07) is 2.29. The van der Waals surface area contributed by atoms with E-state index in [9.17, 15) is 31.1 Å². The Bertz CT molecular complexity index is 483. The van der Waals surface area contributed by atoms with Gasteiger partial charge in [0.05, 0.1) is 6.54 Å². The van der Waals surface area contributed by atoms with Crippen molar-refractivity contribution >= 4 is 5.91 Å². The highest BCUT2D eigenvalue weighted by molar-refractivity contribution is 5.81. The first-order valence-electron chi connectivity index (χ1n) is 5.43. The van der Waals surface area contributed by atoms with Crippen molar-refractivity contribution in [3.8, 4) is 5.75 Å². The van der Waals surface area contributed by atoms with E-state index in [0.717, 1.165) is 24.3 Å². The molecule has 1 rings (SSSR count). The Labute approximate surface area is 114 Å². The molecule has 4 nitrogen and oxygen atoms in total. The van der Waals surface area contributed by atoms with E-state index in [0.29, 0.717) is 0 Å². The summed E-state index contributed by atoms with van der Waals surface area (Å²) in [7, 11) is 0. The number of hydrogen-bond acceptors (Lipinski definition) is 3. The lowest BCUT2D eigenvalue weighted by molar-refractivity contribution is -0.274. The fourth-order valence-corrected chi connectivity index (χ4v) is 1.46. The van der Waals surface area contributed by atoms with Crippen LogP contribution < -0.4 is 15.8 Å². The Morgan fingerprint density at radius 1 is 1.14 bits per heavy atom. The third kappa shape index (κ3) is 6.34. The van der Waals surface area contributed by atoms with Crippen molar-refractivity contribution in [2.45, 2.75) is 18.6 Å². The van der Waals surface area contributed by atoms with Gasteiger partial charge in [0, 0.05) is 0 Å². The maximum atomic E-state index is 12.1. The molecule has 3 N–H and O–H groups in total. The van der Waals surface area contributed by atoms with Crippen LogP contribution in [-0.4, -0.2) is 25.0 Å². The third-order valence-corrected chi connectivity index (χ3v) is 2.24. The normalized spacial score (nSPS) is 13.8. The molecule has 1 aromatic rings. The van der Waals surface area contributed by atoms with Gasteiger partial charge < -0.3 is 10.5 Å². The minimum atomic E-state index is -4.89. The summed E-state index contributed by atoms with van der Waals surface area (Å²) < 4.78 is 75.7. The van der Waals surface area contributed by atoms with Gasteiger partial charge in [-0.1, -0.05) is 12.1 Å². The van der Waals surface area contributed by atoms with Gasteiger partial charge in [-0.2, -0.15) is 13.2 Å². The lowest BCUT2D eigenvalue weighted by Gasteiger charge is -2.17. The number of nitrogens with two attached hydrogens (primary N) is 1. The molecule has 10 heteroatoms. The Balaban J connectivity index is 2.83. The second kappa shape index (κ2) is 6.20. The number of hydrogen-bond donors (Lipinski definition) is 2. The quantitative estimate of drug-likeness (QED) is 0.819. The van der Waals surface area contributed by atoms with Crippen molar-refractivity contribution < 1.29 is 35.9 Å². The predicted octanol–water partition coefficient (Wildman–Crippen LogP) is 2.26. The second-order valence-electron chi connectivity index (χ2n) is 3.95. The Kier molecular flexibility index (Phi) is 5.05. The summed E-state index contributed by atoms with van der Waals surface area (Å²) in [5.41, 5.74) is 4.95. The van der Waals surface area contributed by atoms with E-state index in [-0.39, 0.29) is 5.56 Å². The maximum Gasteiger partial charge on any atom is 0.573 e. The van der Waals surface area contributed by atoms with Crippen molar-refractivity contribution in [3.05, 3.63) is 29.8 Å². The van der Waals surface area contributed by atoms with E-state index in [1.165, 1.54) is 0 Å². The highest BCUT2D eigenvalue weighted by Gasteiger charge is 2.32. The molecule has 1 aromatic carbocycles. The van der Waals surface area contributed by atoms with Crippen LogP contribution in [0, 0.1) is 0 Å². The minimum absolute atomic E-state index is 0.0127. The van der Waals surface area contributed by atoms with Crippen LogP contribution in [0.4, 0.5) is 26.3 Å². The number of rotatable bonds is 5. The highest BCUT2D eigenvalue weighted by Crippen LogP contribution is 2.25. The van der Waals surface area contributed by atoms with Gasteiger partial charge in [0.2, 0.25) is 5.91 Å². The first-order chi connectivity index (χ1) is 9.48. The van der Waals surface area contributed by atoms with Crippen LogP contribution in [-0.2, 0) is 4.79 Å². The van der Waals surface area contributed by atoms with Gasteiger partial charge >= 0.3 is 12.5 Å². The van der Waals surface area contributed by atoms with Gasteiger partial charge in [0.15, 0.2) is 0 Å². The molecule has 0 bridgehead atoms. The van der Waals surface area contributed by atoms with E-state index in [2.05, 4.69) is 4.74 Å². The third-order valence-electron chi connectivity index (χ3n) is 2.24. The van der Waals surface area contributed by atoms with Crippen molar-refractivity contribution in [2.24, 2.45) is 5.73 Å². The molecule has 0 aliphatic heterocycles. The predicted molar refractivity (Wildman–Crippen MR) is 59.1 cm³/mol. The fourth-order valence-electron chi connectivity index (χ4n) is 1.46. The molecular weight excluding hydrogens is 306 g/mol. The number of benzene rings is 1. The van der Waals surface area contributed by atoms with E-state index >= 15 is 0 Å².